The maximum absolute atomic E-state index is 12.4. The van der Waals surface area contributed by atoms with Crippen molar-refractivity contribution in [1.29, 1.82) is 0 Å². The summed E-state index contributed by atoms with van der Waals surface area (Å²) in [7, 11) is -1.86. The van der Waals surface area contributed by atoms with E-state index in [1.807, 2.05) is 13.2 Å². The van der Waals surface area contributed by atoms with Crippen LogP contribution < -0.4 is 14.4 Å². The topological polar surface area (TPSA) is 101 Å². The Bertz CT molecular complexity index is 852. The molecule has 0 aliphatic rings. The number of benzene rings is 1. The van der Waals surface area contributed by atoms with Gasteiger partial charge in [0.15, 0.2) is 10.4 Å². The van der Waals surface area contributed by atoms with Gasteiger partial charge in [-0.1, -0.05) is 30.0 Å². The molecule has 0 radical (unpaired) electrons. The van der Waals surface area contributed by atoms with Crippen molar-refractivity contribution in [2.24, 2.45) is 0 Å². The highest BCUT2D eigenvalue weighted by Gasteiger charge is 2.20. The molecule has 8 nitrogen and oxygen atoms in total. The number of nitrogens with zero attached hydrogens (tertiary/aromatic N) is 3. The largest absolute Gasteiger partial charge is 0.481 e. The Balaban J connectivity index is 2.03. The fourth-order valence-electron chi connectivity index (χ4n) is 1.94. The molecule has 11 heteroatoms. The summed E-state index contributed by atoms with van der Waals surface area (Å²) in [6.07, 6.45) is 2.78. The number of thioether (sulfide) groups is 1. The Kier molecular flexibility index (Phi) is 6.84. The lowest BCUT2D eigenvalue weighted by atomic mass is 10.2. The summed E-state index contributed by atoms with van der Waals surface area (Å²) in [6, 6.07) is 6.50. The normalized spacial score (nSPS) is 12.5. The highest BCUT2D eigenvalue weighted by atomic mass is 32.2. The molecular formula is C15H20N4O4S3. The van der Waals surface area contributed by atoms with Crippen LogP contribution in [0.2, 0.25) is 0 Å². The van der Waals surface area contributed by atoms with Gasteiger partial charge in [0.1, 0.15) is 5.75 Å². The summed E-state index contributed by atoms with van der Waals surface area (Å²) in [5, 5.41) is 10.9. The van der Waals surface area contributed by atoms with Crippen molar-refractivity contribution in [3.63, 3.8) is 0 Å². The van der Waals surface area contributed by atoms with Gasteiger partial charge in [0.2, 0.25) is 15.2 Å². The van der Waals surface area contributed by atoms with Gasteiger partial charge in [0.25, 0.3) is 5.91 Å². The number of carbonyl (C=O) groups is 1. The first-order chi connectivity index (χ1) is 12.2. The Hall–Kier alpha value is -1.85. The van der Waals surface area contributed by atoms with Gasteiger partial charge in [0, 0.05) is 7.05 Å². The number of aromatic nitrogens is 2. The van der Waals surface area contributed by atoms with E-state index in [1.54, 1.807) is 24.3 Å². The number of nitrogens with one attached hydrogen (secondary N) is 1. The van der Waals surface area contributed by atoms with Crippen molar-refractivity contribution in [2.45, 2.75) is 23.8 Å². The molecule has 0 spiro atoms. The number of rotatable bonds is 8. The van der Waals surface area contributed by atoms with Gasteiger partial charge in [-0.05, 0) is 36.9 Å². The molecule has 0 aliphatic heterocycles. The first-order valence-electron chi connectivity index (χ1n) is 7.63. The Morgan fingerprint density at radius 2 is 2.00 bits per heavy atom. The molecule has 1 heterocycles. The average Bonchev–Trinajstić information content (AvgIpc) is 3.06. The van der Waals surface area contributed by atoms with E-state index in [0.29, 0.717) is 23.0 Å². The van der Waals surface area contributed by atoms with Crippen molar-refractivity contribution in [1.82, 2.24) is 10.2 Å². The molecule has 2 rings (SSSR count). The molecule has 0 saturated carbocycles. The molecular weight excluding hydrogens is 396 g/mol. The second-order valence-electron chi connectivity index (χ2n) is 5.31. The second kappa shape index (κ2) is 8.69. The smallest absolute Gasteiger partial charge is 0.267 e. The molecule has 1 atom stereocenters. The van der Waals surface area contributed by atoms with Crippen LogP contribution in [0.15, 0.2) is 28.6 Å². The number of anilines is 2. The second-order valence-corrected chi connectivity index (χ2v) is 9.35. The molecule has 0 aliphatic carbocycles. The van der Waals surface area contributed by atoms with Crippen LogP contribution in [-0.2, 0) is 14.8 Å². The van der Waals surface area contributed by atoms with Crippen LogP contribution in [0.4, 0.5) is 10.8 Å². The van der Waals surface area contributed by atoms with Crippen molar-refractivity contribution in [2.75, 3.05) is 29.2 Å². The first-order valence-corrected chi connectivity index (χ1v) is 11.5. The summed E-state index contributed by atoms with van der Waals surface area (Å²) in [4.78, 5) is 12.4. The minimum atomic E-state index is -3.33. The van der Waals surface area contributed by atoms with Gasteiger partial charge in [-0.15, -0.1) is 10.2 Å². The molecule has 2 aromatic rings. The van der Waals surface area contributed by atoms with E-state index in [1.165, 1.54) is 34.5 Å². The number of carbonyl (C=O) groups excluding carboxylic acids is 1. The van der Waals surface area contributed by atoms with E-state index in [-0.39, 0.29) is 5.91 Å². The molecule has 1 N–H and O–H groups in total. The van der Waals surface area contributed by atoms with Gasteiger partial charge in [-0.2, -0.15) is 0 Å². The van der Waals surface area contributed by atoms with Gasteiger partial charge >= 0.3 is 0 Å². The molecule has 0 saturated heterocycles. The first kappa shape index (κ1) is 20.5. The van der Waals surface area contributed by atoms with E-state index < -0.39 is 16.1 Å². The molecule has 0 fully saturated rings. The maximum Gasteiger partial charge on any atom is 0.267 e. The lowest BCUT2D eigenvalue weighted by Crippen LogP contribution is -2.32. The predicted molar refractivity (Wildman–Crippen MR) is 105 cm³/mol. The van der Waals surface area contributed by atoms with Crippen LogP contribution in [0.3, 0.4) is 0 Å². The number of ether oxygens (including phenoxy) is 1. The zero-order valence-corrected chi connectivity index (χ0v) is 17.2. The minimum Gasteiger partial charge on any atom is -0.481 e. The molecule has 26 heavy (non-hydrogen) atoms. The average molecular weight is 417 g/mol. The summed E-state index contributed by atoms with van der Waals surface area (Å²) in [5.74, 6) is 0.161. The van der Waals surface area contributed by atoms with Crippen LogP contribution >= 0.6 is 23.1 Å². The molecule has 1 amide bonds. The maximum atomic E-state index is 12.4. The van der Waals surface area contributed by atoms with Crippen molar-refractivity contribution < 1.29 is 17.9 Å². The minimum absolute atomic E-state index is 0.311. The molecule has 1 aromatic heterocycles. The summed E-state index contributed by atoms with van der Waals surface area (Å²) >= 11 is 2.75. The van der Waals surface area contributed by atoms with E-state index in [0.717, 1.165) is 10.6 Å². The van der Waals surface area contributed by atoms with E-state index >= 15 is 0 Å². The zero-order valence-electron chi connectivity index (χ0n) is 14.8. The summed E-state index contributed by atoms with van der Waals surface area (Å²) < 4.78 is 30.8. The number of hydrogen-bond acceptors (Lipinski definition) is 8. The summed E-state index contributed by atoms with van der Waals surface area (Å²) in [5.41, 5.74) is 0.510. The molecule has 142 valence electrons. The Morgan fingerprint density at radius 3 is 2.50 bits per heavy atom. The third-order valence-electron chi connectivity index (χ3n) is 3.45. The highest BCUT2D eigenvalue weighted by molar-refractivity contribution is 8.00. The van der Waals surface area contributed by atoms with Crippen molar-refractivity contribution >= 4 is 49.8 Å². The molecule has 0 bridgehead atoms. The van der Waals surface area contributed by atoms with Gasteiger partial charge < -0.3 is 4.74 Å². The van der Waals surface area contributed by atoms with Crippen LogP contribution in [0.1, 0.15) is 13.3 Å². The lowest BCUT2D eigenvalue weighted by Gasteiger charge is -2.19. The van der Waals surface area contributed by atoms with Crippen LogP contribution in [0, 0.1) is 0 Å². The number of hydrogen-bond donors (Lipinski definition) is 1. The lowest BCUT2D eigenvalue weighted by molar-refractivity contribution is -0.122. The molecule has 1 unspecified atom stereocenters. The summed E-state index contributed by atoms with van der Waals surface area (Å²) in [6.45, 7) is 1.84. The zero-order chi connectivity index (χ0) is 19.3. The van der Waals surface area contributed by atoms with Gasteiger partial charge in [-0.3, -0.25) is 14.4 Å². The number of amides is 1. The fourth-order valence-corrected chi connectivity index (χ4v) is 3.62. The quantitative estimate of drug-likeness (QED) is 0.521. The highest BCUT2D eigenvalue weighted by Crippen LogP contribution is 2.24. The van der Waals surface area contributed by atoms with Crippen molar-refractivity contribution in [3.05, 3.63) is 24.3 Å². The van der Waals surface area contributed by atoms with Gasteiger partial charge in [-0.25, -0.2) is 8.42 Å². The van der Waals surface area contributed by atoms with E-state index in [4.69, 9.17) is 4.74 Å². The van der Waals surface area contributed by atoms with E-state index in [2.05, 4.69) is 15.5 Å². The molecule has 1 aromatic carbocycles. The Labute approximate surface area is 161 Å². The monoisotopic (exact) mass is 416 g/mol. The van der Waals surface area contributed by atoms with Crippen LogP contribution in [0.5, 0.6) is 5.75 Å². The third-order valence-corrected chi connectivity index (χ3v) is 6.47. The SMILES string of the molecule is CCC(Oc1ccc(N(C)S(C)(=O)=O)cc1)C(=O)Nc1nnc(SC)s1. The van der Waals surface area contributed by atoms with Crippen LogP contribution in [-0.4, -0.2) is 50.2 Å². The third kappa shape index (κ3) is 5.32. The van der Waals surface area contributed by atoms with Crippen LogP contribution in [0.25, 0.3) is 0 Å². The number of sulfonamides is 1. The Morgan fingerprint density at radius 1 is 1.35 bits per heavy atom. The van der Waals surface area contributed by atoms with Gasteiger partial charge in [0.05, 0.1) is 11.9 Å². The standard InChI is InChI=1S/C15H20N4O4S3/c1-5-12(13(20)16-14-17-18-15(24-3)25-14)23-11-8-6-10(7-9-11)19(2)26(4,21)22/h6-9,12H,5H2,1-4H3,(H,16,17,20). The fraction of sp³-hybridized carbons (Fsp3) is 0.400. The predicted octanol–water partition coefficient (Wildman–Crippen LogP) is 2.45. The van der Waals surface area contributed by atoms with E-state index in [9.17, 15) is 13.2 Å². The van der Waals surface area contributed by atoms with Crippen molar-refractivity contribution in [3.8, 4) is 5.75 Å².